The van der Waals surface area contributed by atoms with Crippen molar-refractivity contribution in [2.24, 2.45) is 0 Å². The average molecular weight is 1490 g/mol. The zero-order valence-corrected chi connectivity index (χ0v) is 63.9. The van der Waals surface area contributed by atoms with Gasteiger partial charge in [0, 0.05) is 68.8 Å². The number of benzene rings is 19. The van der Waals surface area contributed by atoms with Gasteiger partial charge in [-0.05, 0) is 260 Å². The van der Waals surface area contributed by atoms with Crippen LogP contribution in [0.15, 0.2) is 437 Å². The molecular formula is C110H72N2S2. The predicted molar refractivity (Wildman–Crippen MR) is 491 cm³/mol. The van der Waals surface area contributed by atoms with E-state index in [2.05, 4.69) is 447 Å². The van der Waals surface area contributed by atoms with Crippen molar-refractivity contribution in [3.63, 3.8) is 0 Å². The highest BCUT2D eigenvalue weighted by molar-refractivity contribution is 7.26. The molecule has 0 radical (unpaired) electrons. The smallest absolute Gasteiger partial charge is 0.0555 e. The number of anilines is 6. The third-order valence-electron chi connectivity index (χ3n) is 22.6. The van der Waals surface area contributed by atoms with Crippen molar-refractivity contribution in [1.82, 2.24) is 0 Å². The largest absolute Gasteiger partial charge is 0.310 e. The molecule has 0 saturated carbocycles. The Labute approximate surface area is 671 Å². The minimum atomic E-state index is 1.05. The van der Waals surface area contributed by atoms with Crippen LogP contribution in [0.5, 0.6) is 0 Å². The van der Waals surface area contributed by atoms with Gasteiger partial charge in [-0.3, -0.25) is 0 Å². The fourth-order valence-electron chi connectivity index (χ4n) is 17.0. The average Bonchev–Trinajstić information content (AvgIpc) is 1.59. The van der Waals surface area contributed by atoms with Crippen molar-refractivity contribution in [2.75, 3.05) is 9.80 Å². The summed E-state index contributed by atoms with van der Waals surface area (Å²) in [7, 11) is 0. The number of fused-ring (bicyclic) bond motifs is 8. The molecule has 0 bridgehead atoms. The molecule has 19 aromatic carbocycles. The Bertz CT molecular complexity index is 7060. The van der Waals surface area contributed by atoms with Crippen LogP contribution < -0.4 is 9.80 Å². The van der Waals surface area contributed by atoms with Gasteiger partial charge in [0.15, 0.2) is 0 Å². The van der Waals surface area contributed by atoms with E-state index in [0.29, 0.717) is 0 Å². The molecule has 0 aliphatic rings. The summed E-state index contributed by atoms with van der Waals surface area (Å²) in [6.07, 6.45) is 0. The molecule has 0 fully saturated rings. The normalized spacial score (nSPS) is 11.5. The van der Waals surface area contributed by atoms with Gasteiger partial charge < -0.3 is 9.80 Å². The quantitative estimate of drug-likeness (QED) is 0.0951. The van der Waals surface area contributed by atoms with E-state index in [1.165, 1.54) is 95.3 Å². The van der Waals surface area contributed by atoms with E-state index in [0.717, 1.165) is 112 Å². The fraction of sp³-hybridized carbons (Fsp3) is 0. The molecule has 0 atom stereocenters. The minimum Gasteiger partial charge on any atom is -0.310 e. The van der Waals surface area contributed by atoms with Gasteiger partial charge in [-0.15, -0.1) is 22.7 Å². The maximum absolute atomic E-state index is 2.52. The number of nitrogens with zero attached hydrogens (tertiary/aromatic N) is 2. The highest BCUT2D eigenvalue weighted by atomic mass is 32.1. The Morgan fingerprint density at radius 1 is 0.158 bits per heavy atom. The van der Waals surface area contributed by atoms with Crippen molar-refractivity contribution in [3.05, 3.63) is 437 Å². The number of rotatable bonds is 16. The van der Waals surface area contributed by atoms with Crippen molar-refractivity contribution in [3.8, 4) is 111 Å². The Hall–Kier alpha value is -14.3. The summed E-state index contributed by atoms with van der Waals surface area (Å²) in [6, 6.07) is 162. The molecule has 114 heavy (non-hydrogen) atoms. The second-order valence-electron chi connectivity index (χ2n) is 29.5. The first-order valence-corrected chi connectivity index (χ1v) is 40.6. The molecule has 2 aromatic heterocycles. The van der Waals surface area contributed by atoms with Gasteiger partial charge in [0.1, 0.15) is 0 Å². The fourth-order valence-corrected chi connectivity index (χ4v) is 19.4. The van der Waals surface area contributed by atoms with E-state index in [9.17, 15) is 0 Å². The number of hydrogen-bond acceptors (Lipinski definition) is 4. The SMILES string of the molecule is c1ccc(-c2cc(-c3ccccc3)cc(N(c3ccc(-c4cc(-c5cccc6ccccc56)cc(-c5ccc(N(c6ccc(-c7cccc(-c8cccc9ccccc89)c7)cc6)c6cc(-c7ccccc7)cc(-c7ccccc7)c6)c6c5sc5ccccc56)c4)cc3)c3ccc(-c4ccc5sc6ccccc6c5c4)cc3)c2)cc1. The van der Waals surface area contributed by atoms with Crippen molar-refractivity contribution >= 4 is 119 Å². The standard InChI is InChI=1S/C110H72N2S2/c1-5-24-73(25-6-1)86-63-87(74-26-7-2-8-27-74)69-95(68-86)111(92-53-46-78(47-54-92)83-52-61-108-104(72-83)102-40-17-19-44-106(102)113-108)93-55-50-79(51-56-93)85-65-90(100-43-23-35-81-33-14-16-39-98(81)100)67-91(66-85)101-59-60-105(109-103-41-18-20-45-107(103)114-110(101)109)112(96-70-88(75-28-9-3-10-29-75)64-89(71-96)76-30-11-4-12-31-76)94-57-48-77(49-58-94)82-36-21-37-84(62-82)99-42-22-34-80-32-13-15-38-97(80)99/h1-72H. The van der Waals surface area contributed by atoms with Crippen molar-refractivity contribution in [1.29, 1.82) is 0 Å². The second-order valence-corrected chi connectivity index (χ2v) is 31.6. The molecule has 0 aliphatic heterocycles. The first kappa shape index (κ1) is 67.8. The summed E-state index contributed by atoms with van der Waals surface area (Å²) in [5.41, 5.74) is 29.6. The maximum Gasteiger partial charge on any atom is 0.0555 e. The summed E-state index contributed by atoms with van der Waals surface area (Å²) in [5, 5.41) is 9.90. The first-order chi connectivity index (χ1) is 56.5. The number of hydrogen-bond donors (Lipinski definition) is 0. The van der Waals surface area contributed by atoms with Crippen LogP contribution in [0.3, 0.4) is 0 Å². The molecule has 21 rings (SSSR count). The van der Waals surface area contributed by atoms with Crippen LogP contribution in [-0.2, 0) is 0 Å². The molecule has 2 heterocycles. The van der Waals surface area contributed by atoms with Crippen LogP contribution >= 0.6 is 22.7 Å². The van der Waals surface area contributed by atoms with E-state index >= 15 is 0 Å². The van der Waals surface area contributed by atoms with Gasteiger partial charge in [0.2, 0.25) is 0 Å². The Balaban J connectivity index is 0.728. The molecule has 0 unspecified atom stereocenters. The van der Waals surface area contributed by atoms with Gasteiger partial charge in [-0.25, -0.2) is 0 Å². The van der Waals surface area contributed by atoms with Gasteiger partial charge >= 0.3 is 0 Å². The van der Waals surface area contributed by atoms with Crippen LogP contribution in [0.4, 0.5) is 34.1 Å². The highest BCUT2D eigenvalue weighted by Gasteiger charge is 2.25. The van der Waals surface area contributed by atoms with E-state index in [1.54, 1.807) is 0 Å². The van der Waals surface area contributed by atoms with E-state index in [4.69, 9.17) is 0 Å². The molecule has 4 heteroatoms. The van der Waals surface area contributed by atoms with Crippen LogP contribution in [0.1, 0.15) is 0 Å². The summed E-state index contributed by atoms with van der Waals surface area (Å²) in [6.45, 7) is 0. The van der Waals surface area contributed by atoms with E-state index in [-0.39, 0.29) is 0 Å². The molecule has 0 aliphatic carbocycles. The molecule has 534 valence electrons. The van der Waals surface area contributed by atoms with Crippen LogP contribution in [-0.4, -0.2) is 0 Å². The molecule has 0 saturated heterocycles. The van der Waals surface area contributed by atoms with Crippen LogP contribution in [0, 0.1) is 0 Å². The molecular weight excluding hydrogens is 1410 g/mol. The van der Waals surface area contributed by atoms with Crippen LogP contribution in [0.2, 0.25) is 0 Å². The Kier molecular flexibility index (Phi) is 17.4. The lowest BCUT2D eigenvalue weighted by Crippen LogP contribution is -2.11. The highest BCUT2D eigenvalue weighted by Crippen LogP contribution is 2.52. The third-order valence-corrected chi connectivity index (χ3v) is 24.9. The zero-order valence-electron chi connectivity index (χ0n) is 62.3. The zero-order chi connectivity index (χ0) is 75.4. The van der Waals surface area contributed by atoms with Crippen molar-refractivity contribution < 1.29 is 0 Å². The van der Waals surface area contributed by atoms with E-state index in [1.807, 2.05) is 22.7 Å². The topological polar surface area (TPSA) is 6.48 Å². The summed E-state index contributed by atoms with van der Waals surface area (Å²) < 4.78 is 5.05. The maximum atomic E-state index is 2.52. The summed E-state index contributed by atoms with van der Waals surface area (Å²) in [4.78, 5) is 4.95. The molecule has 0 N–H and O–H groups in total. The van der Waals surface area contributed by atoms with E-state index < -0.39 is 0 Å². The minimum absolute atomic E-state index is 1.05. The monoisotopic (exact) mass is 1480 g/mol. The predicted octanol–water partition coefficient (Wildman–Crippen LogP) is 32.3. The third kappa shape index (κ3) is 12.8. The molecule has 0 amide bonds. The number of thiophene rings is 2. The van der Waals surface area contributed by atoms with Crippen molar-refractivity contribution in [2.45, 2.75) is 0 Å². The second kappa shape index (κ2) is 29.2. The van der Waals surface area contributed by atoms with Gasteiger partial charge in [-0.2, -0.15) is 0 Å². The lowest BCUT2D eigenvalue weighted by molar-refractivity contribution is 1.28. The molecule has 21 aromatic rings. The van der Waals surface area contributed by atoms with Gasteiger partial charge in [0.05, 0.1) is 5.69 Å². The lowest BCUT2D eigenvalue weighted by atomic mass is 9.90. The molecule has 2 nitrogen and oxygen atoms in total. The summed E-state index contributed by atoms with van der Waals surface area (Å²) in [5.74, 6) is 0. The van der Waals surface area contributed by atoms with Crippen LogP contribution in [0.25, 0.3) is 173 Å². The lowest BCUT2D eigenvalue weighted by Gasteiger charge is -2.28. The van der Waals surface area contributed by atoms with Gasteiger partial charge in [-0.1, -0.05) is 309 Å². The van der Waals surface area contributed by atoms with Gasteiger partial charge in [0.25, 0.3) is 0 Å². The Morgan fingerprint density at radius 2 is 0.491 bits per heavy atom. The first-order valence-electron chi connectivity index (χ1n) is 39.0. The molecule has 0 spiro atoms. The summed E-state index contributed by atoms with van der Waals surface area (Å²) >= 11 is 3.74. The Morgan fingerprint density at radius 3 is 1.03 bits per heavy atom.